The van der Waals surface area contributed by atoms with E-state index >= 15 is 0 Å². The quantitative estimate of drug-likeness (QED) is 0.387. The average molecular weight is 487 g/mol. The molecule has 1 aromatic heterocycles. The molecule has 1 aromatic carbocycles. The van der Waals surface area contributed by atoms with Gasteiger partial charge in [0.15, 0.2) is 17.6 Å². The number of pyridine rings is 1. The number of aliphatic imine (C=N–C) groups is 1. The molecule has 0 spiro atoms. The van der Waals surface area contributed by atoms with Crippen LogP contribution < -0.4 is 15.5 Å². The van der Waals surface area contributed by atoms with E-state index in [0.29, 0.717) is 31.3 Å². The molecule has 27 heavy (non-hydrogen) atoms. The second-order valence-corrected chi connectivity index (χ2v) is 6.26. The summed E-state index contributed by atoms with van der Waals surface area (Å²) in [6.07, 6.45) is 3.18. The van der Waals surface area contributed by atoms with Crippen molar-refractivity contribution in [2.45, 2.75) is 18.9 Å². The fourth-order valence-corrected chi connectivity index (χ4v) is 3.09. The SMILES string of the molecule is CN=C(NCCc1cccc(F)c1)NC1CCN(c2ncccc2F)C1.I. The van der Waals surface area contributed by atoms with Gasteiger partial charge in [-0.25, -0.2) is 13.8 Å². The molecule has 1 aliphatic heterocycles. The molecule has 1 unspecified atom stereocenters. The number of halogens is 3. The summed E-state index contributed by atoms with van der Waals surface area (Å²) >= 11 is 0. The first-order chi connectivity index (χ1) is 12.7. The zero-order valence-corrected chi connectivity index (χ0v) is 17.5. The predicted molar refractivity (Wildman–Crippen MR) is 115 cm³/mol. The van der Waals surface area contributed by atoms with Crippen molar-refractivity contribution in [3.05, 3.63) is 59.8 Å². The number of nitrogens with one attached hydrogen (secondary N) is 2. The van der Waals surface area contributed by atoms with Gasteiger partial charge in [0.2, 0.25) is 0 Å². The van der Waals surface area contributed by atoms with Gasteiger partial charge in [-0.2, -0.15) is 0 Å². The highest BCUT2D eigenvalue weighted by molar-refractivity contribution is 14.0. The third-order valence-corrected chi connectivity index (χ3v) is 4.39. The average Bonchev–Trinajstić information content (AvgIpc) is 3.09. The Hall–Kier alpha value is -1.97. The molecule has 1 fully saturated rings. The molecule has 0 radical (unpaired) electrons. The predicted octanol–water partition coefficient (Wildman–Crippen LogP) is 2.96. The fraction of sp³-hybridized carbons (Fsp3) is 0.368. The van der Waals surface area contributed by atoms with Crippen LogP contribution in [0.15, 0.2) is 47.6 Å². The van der Waals surface area contributed by atoms with Crippen molar-refractivity contribution in [1.29, 1.82) is 0 Å². The lowest BCUT2D eigenvalue weighted by atomic mass is 10.1. The summed E-state index contributed by atoms with van der Waals surface area (Å²) < 4.78 is 27.1. The van der Waals surface area contributed by atoms with Crippen molar-refractivity contribution >= 4 is 35.8 Å². The first-order valence-electron chi connectivity index (χ1n) is 8.73. The Morgan fingerprint density at radius 1 is 1.30 bits per heavy atom. The second-order valence-electron chi connectivity index (χ2n) is 6.26. The maximum Gasteiger partial charge on any atom is 0.191 e. The van der Waals surface area contributed by atoms with Gasteiger partial charge in [-0.1, -0.05) is 12.1 Å². The summed E-state index contributed by atoms with van der Waals surface area (Å²) in [5.74, 6) is 0.559. The van der Waals surface area contributed by atoms with Crippen molar-refractivity contribution in [3.63, 3.8) is 0 Å². The van der Waals surface area contributed by atoms with Gasteiger partial charge in [0.05, 0.1) is 0 Å². The summed E-state index contributed by atoms with van der Waals surface area (Å²) in [7, 11) is 1.71. The van der Waals surface area contributed by atoms with Crippen molar-refractivity contribution in [3.8, 4) is 0 Å². The minimum absolute atomic E-state index is 0. The number of guanidine groups is 1. The molecule has 3 rings (SSSR count). The van der Waals surface area contributed by atoms with Crippen molar-refractivity contribution in [1.82, 2.24) is 15.6 Å². The molecule has 2 heterocycles. The molecule has 5 nitrogen and oxygen atoms in total. The van der Waals surface area contributed by atoms with E-state index in [1.54, 1.807) is 25.4 Å². The van der Waals surface area contributed by atoms with Crippen LogP contribution in [0.4, 0.5) is 14.6 Å². The molecular formula is C19H24F2IN5. The summed E-state index contributed by atoms with van der Waals surface area (Å²) in [5, 5.41) is 6.59. The maximum absolute atomic E-state index is 13.9. The van der Waals surface area contributed by atoms with E-state index in [9.17, 15) is 8.78 Å². The first-order valence-corrected chi connectivity index (χ1v) is 8.73. The van der Waals surface area contributed by atoms with Crippen LogP contribution in [-0.4, -0.2) is 43.7 Å². The van der Waals surface area contributed by atoms with E-state index in [-0.39, 0.29) is 41.7 Å². The van der Waals surface area contributed by atoms with Crippen LogP contribution in [0.5, 0.6) is 0 Å². The lowest BCUT2D eigenvalue weighted by Crippen LogP contribution is -2.45. The van der Waals surface area contributed by atoms with Gasteiger partial charge in [-0.3, -0.25) is 4.99 Å². The minimum atomic E-state index is -0.300. The van der Waals surface area contributed by atoms with Crippen LogP contribution in [0.2, 0.25) is 0 Å². The van der Waals surface area contributed by atoms with Crippen LogP contribution in [0.3, 0.4) is 0 Å². The van der Waals surface area contributed by atoms with Gasteiger partial charge in [-0.15, -0.1) is 24.0 Å². The fourth-order valence-electron chi connectivity index (χ4n) is 3.09. The highest BCUT2D eigenvalue weighted by atomic mass is 127. The Balaban J connectivity index is 0.00000261. The molecule has 0 bridgehead atoms. The summed E-state index contributed by atoms with van der Waals surface area (Å²) in [6.45, 7) is 2.05. The monoisotopic (exact) mass is 487 g/mol. The molecule has 0 saturated carbocycles. The van der Waals surface area contributed by atoms with Gasteiger partial charge in [-0.05, 0) is 42.7 Å². The maximum atomic E-state index is 13.9. The number of anilines is 1. The standard InChI is InChI=1S/C19H23F2N5.HI/c1-22-19(24-10-7-14-4-2-5-15(20)12-14)25-16-8-11-26(13-16)18-17(21)6-3-9-23-18;/h2-6,9,12,16H,7-8,10-11,13H2,1H3,(H2,22,24,25);1H. The first kappa shape index (κ1) is 21.3. The van der Waals surface area contributed by atoms with E-state index in [4.69, 9.17) is 0 Å². The van der Waals surface area contributed by atoms with Crippen LogP contribution in [0, 0.1) is 11.6 Å². The third kappa shape index (κ3) is 6.02. The number of hydrogen-bond acceptors (Lipinski definition) is 3. The van der Waals surface area contributed by atoms with E-state index in [1.165, 1.54) is 18.2 Å². The molecule has 8 heteroatoms. The molecule has 2 N–H and O–H groups in total. The molecule has 1 atom stereocenters. The summed E-state index contributed by atoms with van der Waals surface area (Å²) in [4.78, 5) is 10.3. The molecule has 146 valence electrons. The van der Waals surface area contributed by atoms with E-state index in [2.05, 4.69) is 20.6 Å². The van der Waals surface area contributed by atoms with Gasteiger partial charge in [0.25, 0.3) is 0 Å². The van der Waals surface area contributed by atoms with Crippen molar-refractivity contribution in [2.24, 2.45) is 4.99 Å². The number of aromatic nitrogens is 1. The number of nitrogens with zero attached hydrogens (tertiary/aromatic N) is 3. The Morgan fingerprint density at radius 3 is 2.89 bits per heavy atom. The smallest absolute Gasteiger partial charge is 0.191 e. The Morgan fingerprint density at radius 2 is 2.15 bits per heavy atom. The van der Waals surface area contributed by atoms with Gasteiger partial charge in [0, 0.05) is 38.9 Å². The minimum Gasteiger partial charge on any atom is -0.356 e. The van der Waals surface area contributed by atoms with Gasteiger partial charge < -0.3 is 15.5 Å². The van der Waals surface area contributed by atoms with Crippen LogP contribution >= 0.6 is 24.0 Å². The Labute approximate surface area is 175 Å². The largest absolute Gasteiger partial charge is 0.356 e. The number of hydrogen-bond donors (Lipinski definition) is 2. The van der Waals surface area contributed by atoms with Crippen LogP contribution in [-0.2, 0) is 6.42 Å². The number of rotatable bonds is 5. The highest BCUT2D eigenvalue weighted by Crippen LogP contribution is 2.20. The molecule has 1 aliphatic rings. The summed E-state index contributed by atoms with van der Waals surface area (Å²) in [6, 6.07) is 9.77. The lowest BCUT2D eigenvalue weighted by molar-refractivity contribution is 0.612. The van der Waals surface area contributed by atoms with Crippen molar-refractivity contribution in [2.75, 3.05) is 31.6 Å². The van der Waals surface area contributed by atoms with Gasteiger partial charge >= 0.3 is 0 Å². The topological polar surface area (TPSA) is 52.6 Å². The zero-order valence-electron chi connectivity index (χ0n) is 15.2. The Kier molecular flexibility index (Phi) is 8.21. The lowest BCUT2D eigenvalue weighted by Gasteiger charge is -2.20. The normalized spacial score (nSPS) is 16.8. The van der Waals surface area contributed by atoms with E-state index in [0.717, 1.165) is 18.5 Å². The molecule has 2 aromatic rings. The molecule has 0 amide bonds. The Bertz CT molecular complexity index is 771. The van der Waals surface area contributed by atoms with Crippen molar-refractivity contribution < 1.29 is 8.78 Å². The highest BCUT2D eigenvalue weighted by Gasteiger charge is 2.25. The van der Waals surface area contributed by atoms with E-state index < -0.39 is 0 Å². The number of benzene rings is 1. The third-order valence-electron chi connectivity index (χ3n) is 4.39. The molecule has 0 aliphatic carbocycles. The zero-order chi connectivity index (χ0) is 18.4. The summed E-state index contributed by atoms with van der Waals surface area (Å²) in [5.41, 5.74) is 0.936. The van der Waals surface area contributed by atoms with Crippen LogP contribution in [0.25, 0.3) is 0 Å². The van der Waals surface area contributed by atoms with Crippen LogP contribution in [0.1, 0.15) is 12.0 Å². The second kappa shape index (κ2) is 10.4. The van der Waals surface area contributed by atoms with E-state index in [1.807, 2.05) is 11.0 Å². The molecule has 1 saturated heterocycles. The molecular weight excluding hydrogens is 463 g/mol. The van der Waals surface area contributed by atoms with Gasteiger partial charge in [0.1, 0.15) is 5.82 Å².